The predicted molar refractivity (Wildman–Crippen MR) is 70.4 cm³/mol. The second kappa shape index (κ2) is 5.08. The molecule has 3 heterocycles. The summed E-state index contributed by atoms with van der Waals surface area (Å²) in [4.78, 5) is 25.0. The topological polar surface area (TPSA) is 96.8 Å². The highest BCUT2D eigenvalue weighted by atomic mass is 16.5. The molecule has 1 fully saturated rings. The van der Waals surface area contributed by atoms with Gasteiger partial charge in [-0.1, -0.05) is 12.1 Å². The van der Waals surface area contributed by atoms with Gasteiger partial charge >= 0.3 is 5.97 Å². The van der Waals surface area contributed by atoms with Crippen LogP contribution in [0.2, 0.25) is 0 Å². The maximum Gasteiger partial charge on any atom is 0.326 e. The number of carboxylic acids is 1. The number of carboxylic acid groups (broad SMARTS) is 1. The van der Waals surface area contributed by atoms with E-state index in [1.807, 2.05) is 6.92 Å². The zero-order valence-corrected chi connectivity index (χ0v) is 11.4. The van der Waals surface area contributed by atoms with Crippen molar-refractivity contribution in [2.75, 3.05) is 6.54 Å². The molecule has 21 heavy (non-hydrogen) atoms. The Morgan fingerprint density at radius 3 is 2.90 bits per heavy atom. The van der Waals surface area contributed by atoms with Gasteiger partial charge in [0, 0.05) is 12.6 Å². The Hall–Kier alpha value is -2.57. The predicted octanol–water partition coefficient (Wildman–Crippen LogP) is 1.87. The summed E-state index contributed by atoms with van der Waals surface area (Å²) in [5.41, 5.74) is 0.0850. The minimum atomic E-state index is -0.997. The molecule has 7 nitrogen and oxygen atoms in total. The molecule has 0 radical (unpaired) electrons. The lowest BCUT2D eigenvalue weighted by Crippen LogP contribution is -2.42. The number of rotatable bonds is 3. The number of likely N-dealkylation sites (tertiary alicyclic amines) is 1. The highest BCUT2D eigenvalue weighted by Crippen LogP contribution is 2.27. The molecule has 1 saturated heterocycles. The summed E-state index contributed by atoms with van der Waals surface area (Å²) in [5.74, 6) is -0.715. The maximum atomic E-state index is 12.4. The van der Waals surface area contributed by atoms with E-state index in [0.717, 1.165) is 0 Å². The normalized spacial score (nSPS) is 21.7. The van der Waals surface area contributed by atoms with Gasteiger partial charge in [0.1, 0.15) is 6.04 Å². The molecule has 7 heteroatoms. The lowest BCUT2D eigenvalue weighted by Gasteiger charge is -2.22. The molecular weight excluding hydrogens is 276 g/mol. The van der Waals surface area contributed by atoms with Crippen LogP contribution in [0.25, 0.3) is 11.5 Å². The van der Waals surface area contributed by atoms with E-state index in [2.05, 4.69) is 5.16 Å². The number of nitrogens with zero attached hydrogens (tertiary/aromatic N) is 2. The van der Waals surface area contributed by atoms with Gasteiger partial charge in [-0.3, -0.25) is 4.79 Å². The number of furan rings is 1. The van der Waals surface area contributed by atoms with Crippen molar-refractivity contribution >= 4 is 11.9 Å². The average Bonchev–Trinajstić information content (AvgIpc) is 3.17. The second-order valence-corrected chi connectivity index (χ2v) is 5.10. The van der Waals surface area contributed by atoms with Gasteiger partial charge in [0.05, 0.1) is 6.26 Å². The van der Waals surface area contributed by atoms with E-state index in [1.165, 1.54) is 17.2 Å². The van der Waals surface area contributed by atoms with Crippen molar-refractivity contribution in [3.05, 3.63) is 30.2 Å². The quantitative estimate of drug-likeness (QED) is 0.926. The summed E-state index contributed by atoms with van der Waals surface area (Å²) in [6.07, 6.45) is 2.15. The van der Waals surface area contributed by atoms with Crippen LogP contribution in [0.1, 0.15) is 23.8 Å². The van der Waals surface area contributed by atoms with Gasteiger partial charge in [-0.05, 0) is 24.5 Å². The number of amides is 1. The monoisotopic (exact) mass is 290 g/mol. The van der Waals surface area contributed by atoms with Gasteiger partial charge in [0.15, 0.2) is 11.5 Å². The molecule has 2 unspecified atom stereocenters. The Morgan fingerprint density at radius 1 is 1.43 bits per heavy atom. The molecule has 110 valence electrons. The standard InChI is InChI=1S/C14H14N2O5/c1-8-4-5-16(12(8)14(18)19)13(17)9-7-11(21-15-9)10-3-2-6-20-10/h2-3,6-8,12H,4-5H2,1H3,(H,18,19). The van der Waals surface area contributed by atoms with Crippen LogP contribution in [-0.4, -0.2) is 39.6 Å². The summed E-state index contributed by atoms with van der Waals surface area (Å²) < 4.78 is 10.2. The van der Waals surface area contributed by atoms with Crippen molar-refractivity contribution < 1.29 is 23.6 Å². The molecule has 0 aromatic carbocycles. The van der Waals surface area contributed by atoms with Crippen molar-refractivity contribution in [2.24, 2.45) is 5.92 Å². The van der Waals surface area contributed by atoms with E-state index in [0.29, 0.717) is 24.5 Å². The van der Waals surface area contributed by atoms with E-state index in [1.54, 1.807) is 12.1 Å². The second-order valence-electron chi connectivity index (χ2n) is 5.10. The van der Waals surface area contributed by atoms with Crippen LogP contribution in [0.3, 0.4) is 0 Å². The fourth-order valence-electron chi connectivity index (χ4n) is 2.61. The molecule has 0 spiro atoms. The SMILES string of the molecule is CC1CCN(C(=O)c2cc(-c3ccco3)on2)C1C(=O)O. The van der Waals surface area contributed by atoms with Crippen LogP contribution in [0, 0.1) is 5.92 Å². The summed E-state index contributed by atoms with van der Waals surface area (Å²) in [7, 11) is 0. The minimum Gasteiger partial charge on any atom is -0.480 e. The van der Waals surface area contributed by atoms with Gasteiger partial charge in [-0.15, -0.1) is 0 Å². The Bertz CT molecular complexity index is 661. The van der Waals surface area contributed by atoms with Crippen molar-refractivity contribution in [3.8, 4) is 11.5 Å². The molecule has 0 saturated carbocycles. The van der Waals surface area contributed by atoms with Gasteiger partial charge in [0.25, 0.3) is 5.91 Å². The number of hydrogen-bond donors (Lipinski definition) is 1. The molecule has 0 aliphatic carbocycles. The van der Waals surface area contributed by atoms with Crippen molar-refractivity contribution in [2.45, 2.75) is 19.4 Å². The van der Waals surface area contributed by atoms with E-state index in [9.17, 15) is 14.7 Å². The Labute approximate surface area is 120 Å². The lowest BCUT2D eigenvalue weighted by atomic mass is 10.0. The third kappa shape index (κ3) is 2.31. The minimum absolute atomic E-state index is 0.0807. The summed E-state index contributed by atoms with van der Waals surface area (Å²) >= 11 is 0. The zero-order valence-electron chi connectivity index (χ0n) is 11.4. The van der Waals surface area contributed by atoms with E-state index >= 15 is 0 Å². The first-order valence-electron chi connectivity index (χ1n) is 6.62. The van der Waals surface area contributed by atoms with Crippen LogP contribution in [0.5, 0.6) is 0 Å². The molecule has 2 atom stereocenters. The molecule has 1 amide bonds. The summed E-state index contributed by atoms with van der Waals surface area (Å²) in [5, 5.41) is 13.0. The van der Waals surface area contributed by atoms with Crippen LogP contribution in [0.4, 0.5) is 0 Å². The van der Waals surface area contributed by atoms with E-state index in [-0.39, 0.29) is 11.6 Å². The molecule has 2 aromatic heterocycles. The van der Waals surface area contributed by atoms with Crippen molar-refractivity contribution in [1.29, 1.82) is 0 Å². The third-order valence-corrected chi connectivity index (χ3v) is 3.71. The van der Waals surface area contributed by atoms with Crippen LogP contribution in [-0.2, 0) is 4.79 Å². The van der Waals surface area contributed by atoms with Crippen LogP contribution >= 0.6 is 0 Å². The summed E-state index contributed by atoms with van der Waals surface area (Å²) in [6, 6.07) is 4.03. The van der Waals surface area contributed by atoms with Gasteiger partial charge in [0.2, 0.25) is 5.76 Å². The lowest BCUT2D eigenvalue weighted by molar-refractivity contribution is -0.142. The van der Waals surface area contributed by atoms with E-state index < -0.39 is 17.9 Å². The zero-order chi connectivity index (χ0) is 15.0. The van der Waals surface area contributed by atoms with Crippen molar-refractivity contribution in [1.82, 2.24) is 10.1 Å². The third-order valence-electron chi connectivity index (χ3n) is 3.71. The highest BCUT2D eigenvalue weighted by Gasteiger charge is 2.40. The molecular formula is C14H14N2O5. The highest BCUT2D eigenvalue weighted by molar-refractivity contribution is 5.96. The van der Waals surface area contributed by atoms with Crippen LogP contribution in [0.15, 0.2) is 33.4 Å². The first-order chi connectivity index (χ1) is 10.1. The summed E-state index contributed by atoms with van der Waals surface area (Å²) in [6.45, 7) is 2.23. The fraction of sp³-hybridized carbons (Fsp3) is 0.357. The molecule has 1 aliphatic rings. The first-order valence-corrected chi connectivity index (χ1v) is 6.62. The Kier molecular flexibility index (Phi) is 3.25. The molecule has 1 aliphatic heterocycles. The largest absolute Gasteiger partial charge is 0.480 e. The molecule has 2 aromatic rings. The van der Waals surface area contributed by atoms with Gasteiger partial charge in [-0.25, -0.2) is 4.79 Å². The van der Waals surface area contributed by atoms with Crippen molar-refractivity contribution in [3.63, 3.8) is 0 Å². The average molecular weight is 290 g/mol. The van der Waals surface area contributed by atoms with E-state index in [4.69, 9.17) is 8.94 Å². The maximum absolute atomic E-state index is 12.4. The van der Waals surface area contributed by atoms with Gasteiger partial charge < -0.3 is 18.9 Å². The first kappa shape index (κ1) is 13.4. The number of carbonyl (C=O) groups excluding carboxylic acids is 1. The Balaban J connectivity index is 1.84. The molecule has 1 N–H and O–H groups in total. The number of aromatic nitrogens is 1. The van der Waals surface area contributed by atoms with Gasteiger partial charge in [-0.2, -0.15) is 0 Å². The number of aliphatic carboxylic acids is 1. The van der Waals surface area contributed by atoms with Crippen LogP contribution < -0.4 is 0 Å². The number of hydrogen-bond acceptors (Lipinski definition) is 5. The molecule has 3 rings (SSSR count). The smallest absolute Gasteiger partial charge is 0.326 e. The Morgan fingerprint density at radius 2 is 2.24 bits per heavy atom. The fourth-order valence-corrected chi connectivity index (χ4v) is 2.61. The number of carbonyl (C=O) groups is 2. The molecule has 0 bridgehead atoms.